The van der Waals surface area contributed by atoms with Crippen LogP contribution in [-0.4, -0.2) is 23.4 Å². The molecule has 0 unspecified atom stereocenters. The van der Waals surface area contributed by atoms with Gasteiger partial charge in [-0.3, -0.25) is 4.57 Å². The maximum Gasteiger partial charge on any atom is 0.408 e. The summed E-state index contributed by atoms with van der Waals surface area (Å²) in [4.78, 5) is 12.5. The molecule has 0 saturated carbocycles. The fourth-order valence-corrected chi connectivity index (χ4v) is 5.51. The molecule has 0 heterocycles. The van der Waals surface area contributed by atoms with E-state index in [1.807, 2.05) is 119 Å². The molecule has 32 heavy (non-hydrogen) atoms. The largest absolute Gasteiger partial charge is 0.444 e. The molecule has 0 radical (unpaired) electrons. The van der Waals surface area contributed by atoms with Crippen molar-refractivity contribution in [2.24, 2.45) is 4.76 Å². The number of nitrogens with one attached hydrogen (secondary N) is 1. The van der Waals surface area contributed by atoms with Gasteiger partial charge < -0.3 is 10.1 Å². The Morgan fingerprint density at radius 3 is 1.72 bits per heavy atom. The summed E-state index contributed by atoms with van der Waals surface area (Å²) >= 11 is 0. The van der Waals surface area contributed by atoms with Gasteiger partial charge in [0.15, 0.2) is 0 Å². The van der Waals surface area contributed by atoms with E-state index in [4.69, 9.17) is 9.50 Å². The quantitative estimate of drug-likeness (QED) is 0.410. The van der Waals surface area contributed by atoms with Gasteiger partial charge >= 0.3 is 6.09 Å². The maximum atomic E-state index is 14.5. The summed E-state index contributed by atoms with van der Waals surface area (Å²) in [6.45, 7) is 7.24. The SMILES string of the molecule is C[C@H](NC(=O)OC(C)(C)C)/C(=N\P(=O)(c1ccccc1)c1ccccc1)c1ccccc1. The minimum Gasteiger partial charge on any atom is -0.444 e. The molecule has 1 amide bonds. The van der Waals surface area contributed by atoms with E-state index in [1.165, 1.54) is 0 Å². The minimum absolute atomic E-state index is 0.521. The lowest BCUT2D eigenvalue weighted by Gasteiger charge is -2.24. The second-order valence-electron chi connectivity index (χ2n) is 8.47. The van der Waals surface area contributed by atoms with Crippen molar-refractivity contribution in [3.8, 4) is 0 Å². The fourth-order valence-electron chi connectivity index (χ4n) is 3.23. The third-order valence-corrected chi connectivity index (χ3v) is 7.17. The second kappa shape index (κ2) is 9.97. The average molecular weight is 449 g/mol. The zero-order valence-corrected chi connectivity index (χ0v) is 19.8. The van der Waals surface area contributed by atoms with Crippen LogP contribution in [0.4, 0.5) is 4.79 Å². The topological polar surface area (TPSA) is 67.8 Å². The van der Waals surface area contributed by atoms with Crippen molar-refractivity contribution in [1.29, 1.82) is 0 Å². The maximum absolute atomic E-state index is 14.5. The van der Waals surface area contributed by atoms with Gasteiger partial charge in [0, 0.05) is 10.6 Å². The lowest BCUT2D eigenvalue weighted by atomic mass is 10.1. The number of benzene rings is 3. The van der Waals surface area contributed by atoms with Crippen LogP contribution in [0.5, 0.6) is 0 Å². The van der Waals surface area contributed by atoms with Crippen LogP contribution in [0.25, 0.3) is 0 Å². The summed E-state index contributed by atoms with van der Waals surface area (Å²) in [6.07, 6.45) is -0.553. The molecule has 3 aromatic rings. The highest BCUT2D eigenvalue weighted by molar-refractivity contribution is 7.77. The second-order valence-corrected chi connectivity index (χ2v) is 10.9. The van der Waals surface area contributed by atoms with Crippen molar-refractivity contribution in [2.75, 3.05) is 0 Å². The number of amides is 1. The molecule has 6 heteroatoms. The molecule has 166 valence electrons. The molecule has 0 bridgehead atoms. The van der Waals surface area contributed by atoms with Crippen LogP contribution in [-0.2, 0) is 9.30 Å². The van der Waals surface area contributed by atoms with Crippen LogP contribution < -0.4 is 15.9 Å². The molecule has 0 spiro atoms. The summed E-state index contributed by atoms with van der Waals surface area (Å²) in [5, 5.41) is 4.11. The van der Waals surface area contributed by atoms with Gasteiger partial charge in [-0.1, -0.05) is 66.7 Å². The Bertz CT molecular complexity index is 1060. The molecule has 1 N–H and O–H groups in total. The molecule has 3 rings (SSSR count). The highest BCUT2D eigenvalue weighted by Gasteiger charge is 2.29. The zero-order valence-electron chi connectivity index (χ0n) is 18.9. The first kappa shape index (κ1) is 23.5. The molecule has 3 aromatic carbocycles. The van der Waals surface area contributed by atoms with Crippen molar-refractivity contribution < 1.29 is 14.1 Å². The van der Waals surface area contributed by atoms with Crippen molar-refractivity contribution in [1.82, 2.24) is 5.32 Å². The lowest BCUT2D eigenvalue weighted by Crippen LogP contribution is -2.42. The van der Waals surface area contributed by atoms with E-state index < -0.39 is 25.0 Å². The Labute approximate surface area is 190 Å². The number of hydrogen-bond donors (Lipinski definition) is 1. The molecule has 0 aliphatic carbocycles. The Morgan fingerprint density at radius 2 is 1.28 bits per heavy atom. The molecule has 1 atom stereocenters. The summed E-state index contributed by atoms with van der Waals surface area (Å²) in [5.41, 5.74) is 0.674. The van der Waals surface area contributed by atoms with Gasteiger partial charge in [-0.15, -0.1) is 0 Å². The molecule has 5 nitrogen and oxygen atoms in total. The van der Waals surface area contributed by atoms with Crippen LogP contribution in [0.2, 0.25) is 0 Å². The van der Waals surface area contributed by atoms with E-state index in [-0.39, 0.29) is 0 Å². The van der Waals surface area contributed by atoms with E-state index in [9.17, 15) is 9.36 Å². The first-order valence-electron chi connectivity index (χ1n) is 10.6. The normalized spacial score (nSPS) is 13.3. The van der Waals surface area contributed by atoms with Gasteiger partial charge in [-0.05, 0) is 57.5 Å². The molecule has 0 aromatic heterocycles. The Kier molecular flexibility index (Phi) is 7.32. The Morgan fingerprint density at radius 1 is 0.844 bits per heavy atom. The molecule has 0 aliphatic rings. The van der Waals surface area contributed by atoms with Crippen LogP contribution in [0.3, 0.4) is 0 Å². The Hall–Kier alpha value is -3.17. The van der Waals surface area contributed by atoms with Gasteiger partial charge in [-0.2, -0.15) is 0 Å². The van der Waals surface area contributed by atoms with Gasteiger partial charge in [0.25, 0.3) is 0 Å². The average Bonchev–Trinajstić information content (AvgIpc) is 2.77. The van der Waals surface area contributed by atoms with E-state index >= 15 is 0 Å². The van der Waals surface area contributed by atoms with Crippen LogP contribution in [0, 0.1) is 0 Å². The van der Waals surface area contributed by atoms with Gasteiger partial charge in [0.05, 0.1) is 11.8 Å². The monoisotopic (exact) mass is 448 g/mol. The van der Waals surface area contributed by atoms with Gasteiger partial charge in [-0.25, -0.2) is 9.56 Å². The Balaban J connectivity index is 2.12. The minimum atomic E-state index is -3.39. The molecule has 0 fully saturated rings. The van der Waals surface area contributed by atoms with Crippen LogP contribution in [0.1, 0.15) is 33.3 Å². The highest BCUT2D eigenvalue weighted by atomic mass is 31.2. The number of nitrogens with zero attached hydrogens (tertiary/aromatic N) is 1. The number of hydrogen-bond acceptors (Lipinski definition) is 3. The third kappa shape index (κ3) is 5.95. The summed E-state index contributed by atoms with van der Waals surface area (Å²) in [5.74, 6) is 0. The number of ether oxygens (including phenoxy) is 1. The number of carbonyl (C=O) groups excluding carboxylic acids is 1. The van der Waals surface area contributed by atoms with E-state index in [0.717, 1.165) is 5.56 Å². The first-order valence-corrected chi connectivity index (χ1v) is 12.2. The van der Waals surface area contributed by atoms with Crippen molar-refractivity contribution >= 4 is 29.7 Å². The smallest absolute Gasteiger partial charge is 0.408 e. The van der Waals surface area contributed by atoms with Gasteiger partial charge in [0.2, 0.25) is 7.29 Å². The number of rotatable bonds is 6. The summed E-state index contributed by atoms with van der Waals surface area (Å²) in [6, 6.07) is 27.4. The highest BCUT2D eigenvalue weighted by Crippen LogP contribution is 2.45. The first-order chi connectivity index (χ1) is 15.2. The molecular weight excluding hydrogens is 419 g/mol. The predicted octanol–water partition coefficient (Wildman–Crippen LogP) is 5.32. The summed E-state index contributed by atoms with van der Waals surface area (Å²) in [7, 11) is -3.39. The van der Waals surface area contributed by atoms with Crippen molar-refractivity contribution in [3.63, 3.8) is 0 Å². The predicted molar refractivity (Wildman–Crippen MR) is 132 cm³/mol. The molecule has 0 saturated heterocycles. The standard InChI is InChI=1S/C26H29N2O3P/c1-20(27-25(29)31-26(2,3)4)24(21-14-8-5-9-15-21)28-32(30,22-16-10-6-11-17-22)23-18-12-7-13-19-23/h5-20H,1-4H3,(H,27,29)/b28-24+/t20-/m0/s1. The van der Waals surface area contributed by atoms with Crippen LogP contribution in [0.15, 0.2) is 95.8 Å². The molecular formula is C26H29N2O3P. The van der Waals surface area contributed by atoms with E-state index in [1.54, 1.807) is 0 Å². The van der Waals surface area contributed by atoms with Gasteiger partial charge in [0.1, 0.15) is 5.60 Å². The van der Waals surface area contributed by atoms with Crippen LogP contribution >= 0.6 is 7.29 Å². The van der Waals surface area contributed by atoms with Crippen molar-refractivity contribution in [3.05, 3.63) is 96.6 Å². The van der Waals surface area contributed by atoms with Crippen molar-refractivity contribution in [2.45, 2.75) is 39.3 Å². The number of alkyl carbamates (subject to hydrolysis) is 1. The fraction of sp³-hybridized carbons (Fsp3) is 0.231. The lowest BCUT2D eigenvalue weighted by molar-refractivity contribution is 0.0521. The zero-order chi connectivity index (χ0) is 23.2. The third-order valence-electron chi connectivity index (χ3n) is 4.67. The number of carbonyl (C=O) groups is 1. The molecule has 0 aliphatic heterocycles. The van der Waals surface area contributed by atoms with E-state index in [0.29, 0.717) is 16.3 Å². The summed E-state index contributed by atoms with van der Waals surface area (Å²) < 4.78 is 24.8. The van der Waals surface area contributed by atoms with E-state index in [2.05, 4.69) is 5.32 Å².